The number of rotatable bonds is 6. The first kappa shape index (κ1) is 17.3. The Labute approximate surface area is 155 Å². The van der Waals surface area contributed by atoms with Gasteiger partial charge < -0.3 is 20.5 Å². The van der Waals surface area contributed by atoms with Crippen molar-refractivity contribution in [1.82, 2.24) is 10.3 Å². The molecule has 2 aliphatic rings. The van der Waals surface area contributed by atoms with E-state index in [2.05, 4.69) is 10.3 Å². The zero-order valence-corrected chi connectivity index (χ0v) is 14.5. The van der Waals surface area contributed by atoms with Crippen molar-refractivity contribution in [2.75, 3.05) is 0 Å². The van der Waals surface area contributed by atoms with Crippen LogP contribution in [0.1, 0.15) is 12.0 Å². The molecule has 4 N–H and O–H groups in total. The number of allylic oxidation sites excluding steroid dienone is 2. The lowest BCUT2D eigenvalue weighted by atomic mass is 9.82. The summed E-state index contributed by atoms with van der Waals surface area (Å²) in [6, 6.07) is 6.42. The number of carbonyl (C=O) groups is 3. The predicted octanol–water partition coefficient (Wildman–Crippen LogP) is 1.80. The quantitative estimate of drug-likeness (QED) is 0.580. The summed E-state index contributed by atoms with van der Waals surface area (Å²) in [6.45, 7) is 0. The van der Waals surface area contributed by atoms with E-state index in [9.17, 15) is 24.6 Å². The molecule has 0 unspecified atom stereocenters. The lowest BCUT2D eigenvalue weighted by Crippen LogP contribution is -2.48. The van der Waals surface area contributed by atoms with Gasteiger partial charge in [-0.3, -0.25) is 9.59 Å². The average molecular weight is 368 g/mol. The van der Waals surface area contributed by atoms with Gasteiger partial charge >= 0.3 is 11.9 Å². The third-order valence-corrected chi connectivity index (χ3v) is 5.76. The normalized spacial score (nSPS) is 27.0. The summed E-state index contributed by atoms with van der Waals surface area (Å²) in [6.07, 6.45) is 6.24. The van der Waals surface area contributed by atoms with Crippen LogP contribution in [0.3, 0.4) is 0 Å². The minimum absolute atomic E-state index is 0.124. The van der Waals surface area contributed by atoms with Gasteiger partial charge in [0.15, 0.2) is 0 Å². The maximum absolute atomic E-state index is 12.8. The minimum atomic E-state index is -1.14. The molecular weight excluding hydrogens is 348 g/mol. The van der Waals surface area contributed by atoms with E-state index in [4.69, 9.17) is 0 Å². The second-order valence-corrected chi connectivity index (χ2v) is 7.30. The molecule has 1 amide bonds. The first-order valence-corrected chi connectivity index (χ1v) is 8.95. The number of amides is 1. The lowest BCUT2D eigenvalue weighted by Gasteiger charge is -2.25. The number of aromatic amines is 1. The number of nitrogens with one attached hydrogen (secondary N) is 2. The molecule has 7 nitrogen and oxygen atoms in total. The van der Waals surface area contributed by atoms with E-state index in [0.717, 1.165) is 16.5 Å². The average Bonchev–Trinajstić information content (AvgIpc) is 3.35. The van der Waals surface area contributed by atoms with Crippen LogP contribution in [0.5, 0.6) is 0 Å². The van der Waals surface area contributed by atoms with Crippen LogP contribution < -0.4 is 5.32 Å². The second kappa shape index (κ2) is 6.57. The summed E-state index contributed by atoms with van der Waals surface area (Å²) < 4.78 is 0. The molecule has 1 aromatic carbocycles. The molecule has 7 heteroatoms. The second-order valence-electron chi connectivity index (χ2n) is 7.30. The number of benzene rings is 1. The Morgan fingerprint density at radius 3 is 2.52 bits per heavy atom. The molecule has 2 aliphatic carbocycles. The van der Waals surface area contributed by atoms with E-state index in [-0.39, 0.29) is 18.3 Å². The van der Waals surface area contributed by atoms with Crippen LogP contribution in [0, 0.1) is 23.7 Å². The molecule has 1 aromatic heterocycles. The maximum atomic E-state index is 12.8. The fourth-order valence-electron chi connectivity index (χ4n) is 4.50. The fraction of sp³-hybridized carbons (Fsp3) is 0.350. The number of para-hydroxylation sites is 1. The SMILES string of the molecule is O=C(O)[C@@H]1[C@H](C(=O)N[C@@H](Cc2c[nH]c3ccccc23)C(=O)O)[C@H]2C=C[C@H]1C2. The van der Waals surface area contributed by atoms with Crippen LogP contribution in [0.2, 0.25) is 0 Å². The van der Waals surface area contributed by atoms with Gasteiger partial charge in [0.2, 0.25) is 5.91 Å². The largest absolute Gasteiger partial charge is 0.481 e. The van der Waals surface area contributed by atoms with E-state index < -0.39 is 35.7 Å². The Hall–Kier alpha value is -3.09. The number of H-pyrrole nitrogens is 1. The number of fused-ring (bicyclic) bond motifs is 3. The van der Waals surface area contributed by atoms with E-state index >= 15 is 0 Å². The number of aromatic nitrogens is 1. The Bertz CT molecular complexity index is 947. The van der Waals surface area contributed by atoms with Crippen LogP contribution in [-0.2, 0) is 20.8 Å². The molecule has 4 rings (SSSR count). The van der Waals surface area contributed by atoms with Crippen molar-refractivity contribution in [2.45, 2.75) is 18.9 Å². The third kappa shape index (κ3) is 2.99. The highest BCUT2D eigenvalue weighted by Crippen LogP contribution is 2.48. The topological polar surface area (TPSA) is 119 Å². The van der Waals surface area contributed by atoms with Crippen molar-refractivity contribution in [3.05, 3.63) is 48.2 Å². The van der Waals surface area contributed by atoms with Crippen molar-refractivity contribution in [2.24, 2.45) is 23.7 Å². The smallest absolute Gasteiger partial charge is 0.326 e. The van der Waals surface area contributed by atoms with Crippen LogP contribution in [0.15, 0.2) is 42.6 Å². The van der Waals surface area contributed by atoms with Crippen LogP contribution >= 0.6 is 0 Å². The van der Waals surface area contributed by atoms with Crippen molar-refractivity contribution in [3.8, 4) is 0 Å². The number of carboxylic acid groups (broad SMARTS) is 2. The van der Waals surface area contributed by atoms with Crippen LogP contribution in [-0.4, -0.2) is 39.1 Å². The number of carboxylic acids is 2. The molecule has 0 spiro atoms. The summed E-state index contributed by atoms with van der Waals surface area (Å²) in [4.78, 5) is 39.2. The summed E-state index contributed by atoms with van der Waals surface area (Å²) >= 11 is 0. The lowest BCUT2D eigenvalue weighted by molar-refractivity contribution is -0.148. The first-order chi connectivity index (χ1) is 13.0. The highest BCUT2D eigenvalue weighted by molar-refractivity contribution is 5.90. The molecule has 27 heavy (non-hydrogen) atoms. The summed E-state index contributed by atoms with van der Waals surface area (Å²) in [5.74, 6) is -4.44. The molecule has 0 saturated heterocycles. The Kier molecular flexibility index (Phi) is 4.22. The van der Waals surface area contributed by atoms with Crippen LogP contribution in [0.4, 0.5) is 0 Å². The van der Waals surface area contributed by atoms with Crippen LogP contribution in [0.25, 0.3) is 10.9 Å². The molecule has 140 valence electrons. The van der Waals surface area contributed by atoms with E-state index in [0.29, 0.717) is 6.42 Å². The summed E-state index contributed by atoms with van der Waals surface area (Å²) in [5, 5.41) is 22.6. The fourth-order valence-corrected chi connectivity index (χ4v) is 4.50. The zero-order chi connectivity index (χ0) is 19.1. The number of carbonyl (C=O) groups excluding carboxylic acids is 1. The Morgan fingerprint density at radius 2 is 1.81 bits per heavy atom. The Morgan fingerprint density at radius 1 is 1.11 bits per heavy atom. The molecule has 0 aliphatic heterocycles. The first-order valence-electron chi connectivity index (χ1n) is 8.95. The highest BCUT2D eigenvalue weighted by atomic mass is 16.4. The van der Waals surface area contributed by atoms with Crippen molar-refractivity contribution < 1.29 is 24.6 Å². The van der Waals surface area contributed by atoms with E-state index in [1.165, 1.54) is 0 Å². The highest BCUT2D eigenvalue weighted by Gasteiger charge is 2.52. The van der Waals surface area contributed by atoms with Gasteiger partial charge in [-0.25, -0.2) is 4.79 Å². The van der Waals surface area contributed by atoms with Gasteiger partial charge in [0.05, 0.1) is 11.8 Å². The molecule has 0 radical (unpaired) electrons. The molecular formula is C20H20N2O5. The summed E-state index contributed by atoms with van der Waals surface area (Å²) in [7, 11) is 0. The van der Waals surface area contributed by atoms with Crippen molar-refractivity contribution >= 4 is 28.7 Å². The zero-order valence-electron chi connectivity index (χ0n) is 14.5. The van der Waals surface area contributed by atoms with Gasteiger partial charge in [-0.2, -0.15) is 0 Å². The predicted molar refractivity (Wildman–Crippen MR) is 96.9 cm³/mol. The van der Waals surface area contributed by atoms with Crippen molar-refractivity contribution in [1.29, 1.82) is 0 Å². The minimum Gasteiger partial charge on any atom is -0.481 e. The monoisotopic (exact) mass is 368 g/mol. The van der Waals surface area contributed by atoms with E-state index in [1.54, 1.807) is 6.20 Å². The number of hydrogen-bond acceptors (Lipinski definition) is 3. The van der Waals surface area contributed by atoms with Gasteiger partial charge in [-0.15, -0.1) is 0 Å². The van der Waals surface area contributed by atoms with Crippen molar-refractivity contribution in [3.63, 3.8) is 0 Å². The third-order valence-electron chi connectivity index (χ3n) is 5.76. The van der Waals surface area contributed by atoms with Gasteiger partial charge in [-0.05, 0) is 29.9 Å². The van der Waals surface area contributed by atoms with E-state index in [1.807, 2.05) is 36.4 Å². The molecule has 2 aromatic rings. The van der Waals surface area contributed by atoms with Gasteiger partial charge in [-0.1, -0.05) is 30.4 Å². The maximum Gasteiger partial charge on any atom is 0.326 e. The molecule has 2 bridgehead atoms. The number of aliphatic carboxylic acids is 2. The van der Waals surface area contributed by atoms with Gasteiger partial charge in [0.1, 0.15) is 6.04 Å². The molecule has 1 heterocycles. The standard InChI is InChI=1S/C20H20N2O5/c23-18(16-10-5-6-11(7-10)17(16)20(26)27)22-15(19(24)25)8-12-9-21-14-4-2-1-3-13(12)14/h1-6,9-11,15-17,21H,7-8H2,(H,22,23)(H,24,25)(H,26,27)/t10-,11-,15-,16+,17-/m0/s1. The Balaban J connectivity index is 1.53. The van der Waals surface area contributed by atoms with Gasteiger partial charge in [0.25, 0.3) is 0 Å². The molecule has 5 atom stereocenters. The molecule has 1 saturated carbocycles. The summed E-state index contributed by atoms with van der Waals surface area (Å²) in [5.41, 5.74) is 1.69. The molecule has 1 fully saturated rings. The van der Waals surface area contributed by atoms with Gasteiger partial charge in [0, 0.05) is 23.5 Å². The number of hydrogen-bond donors (Lipinski definition) is 4.